The number of carbonyl (C=O) groups excluding carboxylic acids is 1. The van der Waals surface area contributed by atoms with Gasteiger partial charge in [-0.1, -0.05) is 0 Å². The molecule has 0 fully saturated rings. The molecule has 0 bridgehead atoms. The Kier molecular flexibility index (Phi) is 3.09. The predicted octanol–water partition coefficient (Wildman–Crippen LogP) is 0.375. The van der Waals surface area contributed by atoms with Crippen LogP contribution in [0.4, 0.5) is 5.82 Å². The second-order valence-corrected chi connectivity index (χ2v) is 3.68. The quantitative estimate of drug-likeness (QED) is 0.725. The number of ether oxygens (including phenoxy) is 1. The average Bonchev–Trinajstić information content (AvgIpc) is 2.72. The maximum absolute atomic E-state index is 11.5. The van der Waals surface area contributed by atoms with E-state index in [-0.39, 0.29) is 12.0 Å². The summed E-state index contributed by atoms with van der Waals surface area (Å²) in [5.74, 6) is 0.451. The minimum atomic E-state index is -0.387. The summed E-state index contributed by atoms with van der Waals surface area (Å²) in [6.07, 6.45) is 0.924. The van der Waals surface area contributed by atoms with Crippen LogP contribution in [0.5, 0.6) is 0 Å². The van der Waals surface area contributed by atoms with Crippen LogP contribution in [-0.4, -0.2) is 35.4 Å². The molecule has 1 aromatic rings. The first kappa shape index (κ1) is 10.9. The first-order valence-corrected chi connectivity index (χ1v) is 5.47. The fourth-order valence-corrected chi connectivity index (χ4v) is 1.82. The number of rotatable bonds is 3. The zero-order valence-electron chi connectivity index (χ0n) is 9.27. The monoisotopic (exact) mass is 224 g/mol. The lowest BCUT2D eigenvalue weighted by Gasteiger charge is -2.23. The molecule has 0 saturated heterocycles. The standard InChI is InChI=1S/C10H16N4O2/c1-2-16-10(15)8-5-9-12-4-3-7(6-11)14(9)13-8/h5,7,12H,2-4,6,11H2,1H3. The molecule has 0 amide bonds. The van der Waals surface area contributed by atoms with E-state index in [0.29, 0.717) is 18.8 Å². The molecule has 2 heterocycles. The molecule has 2 rings (SSSR count). The van der Waals surface area contributed by atoms with Crippen molar-refractivity contribution in [1.82, 2.24) is 9.78 Å². The van der Waals surface area contributed by atoms with E-state index >= 15 is 0 Å². The number of hydrogen-bond donors (Lipinski definition) is 2. The van der Waals surface area contributed by atoms with Gasteiger partial charge in [0, 0.05) is 19.2 Å². The van der Waals surface area contributed by atoms with Crippen LogP contribution in [0.2, 0.25) is 0 Å². The first-order valence-electron chi connectivity index (χ1n) is 5.47. The topological polar surface area (TPSA) is 82.2 Å². The number of anilines is 1. The van der Waals surface area contributed by atoms with Gasteiger partial charge in [-0.3, -0.25) is 0 Å². The Morgan fingerprint density at radius 1 is 1.81 bits per heavy atom. The van der Waals surface area contributed by atoms with Crippen molar-refractivity contribution in [2.24, 2.45) is 5.73 Å². The molecular weight excluding hydrogens is 208 g/mol. The Bertz CT molecular complexity index is 388. The van der Waals surface area contributed by atoms with Gasteiger partial charge >= 0.3 is 5.97 Å². The summed E-state index contributed by atoms with van der Waals surface area (Å²) in [7, 11) is 0. The highest BCUT2D eigenvalue weighted by Gasteiger charge is 2.22. The van der Waals surface area contributed by atoms with Gasteiger partial charge in [0.25, 0.3) is 0 Å². The van der Waals surface area contributed by atoms with Gasteiger partial charge in [0.2, 0.25) is 0 Å². The van der Waals surface area contributed by atoms with E-state index < -0.39 is 0 Å². The summed E-state index contributed by atoms with van der Waals surface area (Å²) < 4.78 is 6.67. The number of aromatic nitrogens is 2. The average molecular weight is 224 g/mol. The zero-order valence-corrected chi connectivity index (χ0v) is 9.27. The molecule has 6 nitrogen and oxygen atoms in total. The van der Waals surface area contributed by atoms with Crippen LogP contribution in [0, 0.1) is 0 Å². The molecule has 6 heteroatoms. The van der Waals surface area contributed by atoms with Crippen molar-refractivity contribution >= 4 is 11.8 Å². The van der Waals surface area contributed by atoms with Crippen molar-refractivity contribution in [3.05, 3.63) is 11.8 Å². The van der Waals surface area contributed by atoms with Crippen molar-refractivity contribution < 1.29 is 9.53 Å². The molecule has 1 aromatic heterocycles. The van der Waals surface area contributed by atoms with Gasteiger partial charge in [-0.15, -0.1) is 0 Å². The number of nitrogens with zero attached hydrogens (tertiary/aromatic N) is 2. The molecule has 1 unspecified atom stereocenters. The van der Waals surface area contributed by atoms with Crippen molar-refractivity contribution in [3.8, 4) is 0 Å². The smallest absolute Gasteiger partial charge is 0.358 e. The Labute approximate surface area is 93.8 Å². The van der Waals surface area contributed by atoms with E-state index in [2.05, 4.69) is 10.4 Å². The summed E-state index contributed by atoms with van der Waals surface area (Å²) in [5.41, 5.74) is 6.00. The zero-order chi connectivity index (χ0) is 11.5. The molecule has 0 spiro atoms. The molecule has 1 aliphatic heterocycles. The predicted molar refractivity (Wildman–Crippen MR) is 59.4 cm³/mol. The van der Waals surface area contributed by atoms with Crippen LogP contribution >= 0.6 is 0 Å². The molecule has 3 N–H and O–H groups in total. The minimum absolute atomic E-state index is 0.166. The van der Waals surface area contributed by atoms with Crippen molar-refractivity contribution in [1.29, 1.82) is 0 Å². The first-order chi connectivity index (χ1) is 7.76. The number of nitrogens with one attached hydrogen (secondary N) is 1. The highest BCUT2D eigenvalue weighted by molar-refractivity contribution is 5.88. The van der Waals surface area contributed by atoms with Gasteiger partial charge in [0.1, 0.15) is 5.82 Å². The van der Waals surface area contributed by atoms with Crippen LogP contribution in [0.1, 0.15) is 29.9 Å². The maximum Gasteiger partial charge on any atom is 0.358 e. The van der Waals surface area contributed by atoms with E-state index in [1.165, 1.54) is 0 Å². The third kappa shape index (κ3) is 1.88. The van der Waals surface area contributed by atoms with Crippen LogP contribution in [0.15, 0.2) is 6.07 Å². The van der Waals surface area contributed by atoms with E-state index in [9.17, 15) is 4.79 Å². The summed E-state index contributed by atoms with van der Waals surface area (Å²) in [6, 6.07) is 1.87. The van der Waals surface area contributed by atoms with Crippen molar-refractivity contribution in [3.63, 3.8) is 0 Å². The van der Waals surface area contributed by atoms with Crippen molar-refractivity contribution in [2.75, 3.05) is 25.0 Å². The van der Waals surface area contributed by atoms with Gasteiger partial charge in [-0.05, 0) is 13.3 Å². The third-order valence-corrected chi connectivity index (χ3v) is 2.62. The Morgan fingerprint density at radius 2 is 2.62 bits per heavy atom. The summed E-state index contributed by atoms with van der Waals surface area (Å²) >= 11 is 0. The molecule has 0 aliphatic carbocycles. The second-order valence-electron chi connectivity index (χ2n) is 3.68. The lowest BCUT2D eigenvalue weighted by molar-refractivity contribution is 0.0518. The molecule has 0 aromatic carbocycles. The number of esters is 1. The molecular formula is C10H16N4O2. The number of carbonyl (C=O) groups is 1. The van der Waals surface area contributed by atoms with Gasteiger partial charge in [0.05, 0.1) is 12.6 Å². The van der Waals surface area contributed by atoms with Gasteiger partial charge < -0.3 is 15.8 Å². The minimum Gasteiger partial charge on any atom is -0.461 e. The highest BCUT2D eigenvalue weighted by atomic mass is 16.5. The number of fused-ring (bicyclic) bond motifs is 1. The van der Waals surface area contributed by atoms with Gasteiger partial charge in [-0.2, -0.15) is 5.10 Å². The highest BCUT2D eigenvalue weighted by Crippen LogP contribution is 2.23. The molecule has 0 saturated carbocycles. The van der Waals surface area contributed by atoms with Crippen LogP contribution in [0.3, 0.4) is 0 Å². The maximum atomic E-state index is 11.5. The number of nitrogens with two attached hydrogens (primary N) is 1. The van der Waals surface area contributed by atoms with E-state index in [4.69, 9.17) is 10.5 Å². The van der Waals surface area contributed by atoms with Gasteiger partial charge in [0.15, 0.2) is 5.69 Å². The Hall–Kier alpha value is -1.56. The molecule has 1 atom stereocenters. The fraction of sp³-hybridized carbons (Fsp3) is 0.600. The molecule has 1 aliphatic rings. The molecule has 0 radical (unpaired) electrons. The Balaban J connectivity index is 2.25. The SMILES string of the molecule is CCOC(=O)c1cc2n(n1)C(CN)CCN2. The normalized spacial score (nSPS) is 18.8. The fourth-order valence-electron chi connectivity index (χ4n) is 1.82. The van der Waals surface area contributed by atoms with Crippen molar-refractivity contribution in [2.45, 2.75) is 19.4 Å². The van der Waals surface area contributed by atoms with Crippen LogP contribution in [0.25, 0.3) is 0 Å². The third-order valence-electron chi connectivity index (χ3n) is 2.62. The van der Waals surface area contributed by atoms with E-state index in [0.717, 1.165) is 18.8 Å². The van der Waals surface area contributed by atoms with Gasteiger partial charge in [-0.25, -0.2) is 9.48 Å². The largest absolute Gasteiger partial charge is 0.461 e. The summed E-state index contributed by atoms with van der Waals surface area (Å²) in [4.78, 5) is 11.5. The molecule has 16 heavy (non-hydrogen) atoms. The summed E-state index contributed by atoms with van der Waals surface area (Å²) in [6.45, 7) is 3.51. The van der Waals surface area contributed by atoms with Crippen LogP contribution < -0.4 is 11.1 Å². The lowest BCUT2D eigenvalue weighted by Crippen LogP contribution is -2.28. The van der Waals surface area contributed by atoms with Crippen LogP contribution in [-0.2, 0) is 4.74 Å². The molecule has 88 valence electrons. The second kappa shape index (κ2) is 4.52. The van der Waals surface area contributed by atoms with E-state index in [1.54, 1.807) is 17.7 Å². The lowest BCUT2D eigenvalue weighted by atomic mass is 10.2. The Morgan fingerprint density at radius 3 is 3.31 bits per heavy atom. The number of hydrogen-bond acceptors (Lipinski definition) is 5. The van der Waals surface area contributed by atoms with E-state index in [1.807, 2.05) is 0 Å². The summed E-state index contributed by atoms with van der Waals surface area (Å²) in [5, 5.41) is 7.40.